The van der Waals surface area contributed by atoms with Crippen LogP contribution in [0.1, 0.15) is 0 Å². The van der Waals surface area contributed by atoms with Gasteiger partial charge in [0.05, 0.1) is 15.7 Å². The maximum Gasteiger partial charge on any atom is 0.0598 e. The van der Waals surface area contributed by atoms with Crippen molar-refractivity contribution >= 4 is 40.2 Å². The normalized spacial score (nSPS) is 10.4. The second kappa shape index (κ2) is 3.81. The topological polar surface area (TPSA) is 26.0 Å². The molecule has 72 valence electrons. The van der Waals surface area contributed by atoms with Crippen LogP contribution in [0.5, 0.6) is 0 Å². The van der Waals surface area contributed by atoms with Crippen molar-refractivity contribution in [2.75, 3.05) is 5.73 Å². The first-order chi connectivity index (χ1) is 6.68. The highest BCUT2D eigenvalue weighted by Crippen LogP contribution is 2.33. The Hall–Kier alpha value is -0.700. The zero-order valence-corrected chi connectivity index (χ0v) is 9.46. The minimum absolute atomic E-state index is 0.551. The fourth-order valence-corrected chi connectivity index (χ4v) is 2.25. The molecule has 4 heteroatoms. The molecule has 0 amide bonds. The second-order valence-corrected chi connectivity index (χ2v) is 4.43. The summed E-state index contributed by atoms with van der Waals surface area (Å²) in [5.41, 5.74) is 8.57. The molecule has 0 saturated carbocycles. The summed E-state index contributed by atoms with van der Waals surface area (Å²) in [4.78, 5) is 0. The Morgan fingerprint density at radius 1 is 1.07 bits per heavy atom. The van der Waals surface area contributed by atoms with Gasteiger partial charge in [-0.25, -0.2) is 0 Å². The van der Waals surface area contributed by atoms with Gasteiger partial charge >= 0.3 is 0 Å². The summed E-state index contributed by atoms with van der Waals surface area (Å²) in [7, 11) is 0. The highest BCUT2D eigenvalue weighted by molar-refractivity contribution is 7.08. The van der Waals surface area contributed by atoms with E-state index in [9.17, 15) is 0 Å². The summed E-state index contributed by atoms with van der Waals surface area (Å²) in [6.45, 7) is 0. The molecule has 0 radical (unpaired) electrons. The fourth-order valence-electron chi connectivity index (χ4n) is 1.21. The predicted molar refractivity (Wildman–Crippen MR) is 64.2 cm³/mol. The fraction of sp³-hybridized carbons (Fsp3) is 0. The van der Waals surface area contributed by atoms with Crippen LogP contribution in [0, 0.1) is 0 Å². The predicted octanol–water partition coefficient (Wildman–Crippen LogP) is 4.30. The molecule has 0 aliphatic rings. The molecular formula is C10H7Cl2NS. The standard InChI is InChI=1S/C10H7Cl2NS/c11-8-2-1-6(3-9(8)12)7-4-14-5-10(7)13/h1-5H,13H2. The minimum atomic E-state index is 0.551. The maximum absolute atomic E-state index is 5.91. The van der Waals surface area contributed by atoms with E-state index in [1.54, 1.807) is 17.4 Å². The van der Waals surface area contributed by atoms with Crippen LogP contribution in [-0.2, 0) is 0 Å². The highest BCUT2D eigenvalue weighted by atomic mass is 35.5. The minimum Gasteiger partial charge on any atom is -0.398 e. The van der Waals surface area contributed by atoms with E-state index >= 15 is 0 Å². The van der Waals surface area contributed by atoms with Gasteiger partial charge in [0.15, 0.2) is 0 Å². The van der Waals surface area contributed by atoms with Crippen molar-refractivity contribution in [3.8, 4) is 11.1 Å². The first-order valence-electron chi connectivity index (χ1n) is 3.95. The quantitative estimate of drug-likeness (QED) is 0.794. The molecule has 1 aromatic heterocycles. The van der Waals surface area contributed by atoms with Gasteiger partial charge in [0.25, 0.3) is 0 Å². The number of nitrogens with two attached hydrogens (primary N) is 1. The monoisotopic (exact) mass is 243 g/mol. The van der Waals surface area contributed by atoms with Crippen molar-refractivity contribution in [1.29, 1.82) is 0 Å². The molecule has 0 bridgehead atoms. The van der Waals surface area contributed by atoms with E-state index in [0.717, 1.165) is 16.8 Å². The molecule has 2 N–H and O–H groups in total. The van der Waals surface area contributed by atoms with Crippen molar-refractivity contribution in [1.82, 2.24) is 0 Å². The summed E-state index contributed by atoms with van der Waals surface area (Å²) in [6, 6.07) is 5.51. The lowest BCUT2D eigenvalue weighted by atomic mass is 10.1. The zero-order chi connectivity index (χ0) is 10.1. The Kier molecular flexibility index (Phi) is 2.68. The van der Waals surface area contributed by atoms with Crippen molar-refractivity contribution in [2.24, 2.45) is 0 Å². The maximum atomic E-state index is 5.91. The van der Waals surface area contributed by atoms with Crippen molar-refractivity contribution in [3.63, 3.8) is 0 Å². The van der Waals surface area contributed by atoms with Gasteiger partial charge in [0.1, 0.15) is 0 Å². The van der Waals surface area contributed by atoms with Crippen LogP contribution in [0.4, 0.5) is 5.69 Å². The van der Waals surface area contributed by atoms with Gasteiger partial charge in [-0.1, -0.05) is 29.3 Å². The Bertz CT molecular complexity index is 465. The molecule has 0 atom stereocenters. The van der Waals surface area contributed by atoms with Crippen LogP contribution in [0.2, 0.25) is 10.0 Å². The van der Waals surface area contributed by atoms with Crippen LogP contribution in [0.3, 0.4) is 0 Å². The Labute approximate surface area is 96.1 Å². The van der Waals surface area contributed by atoms with E-state index in [4.69, 9.17) is 28.9 Å². The van der Waals surface area contributed by atoms with Crippen LogP contribution in [0.15, 0.2) is 29.0 Å². The lowest BCUT2D eigenvalue weighted by Crippen LogP contribution is -1.84. The van der Waals surface area contributed by atoms with E-state index in [1.165, 1.54) is 0 Å². The van der Waals surface area contributed by atoms with Gasteiger partial charge in [0.2, 0.25) is 0 Å². The third-order valence-electron chi connectivity index (χ3n) is 1.92. The summed E-state index contributed by atoms with van der Waals surface area (Å²) >= 11 is 13.3. The van der Waals surface area contributed by atoms with Gasteiger partial charge in [0, 0.05) is 16.3 Å². The molecule has 2 rings (SSSR count). The number of anilines is 1. The van der Waals surface area contributed by atoms with Gasteiger partial charge in [-0.3, -0.25) is 0 Å². The van der Waals surface area contributed by atoms with Crippen molar-refractivity contribution < 1.29 is 0 Å². The first kappa shape index (κ1) is 9.84. The molecule has 0 spiro atoms. The molecule has 14 heavy (non-hydrogen) atoms. The zero-order valence-electron chi connectivity index (χ0n) is 7.13. The summed E-state index contributed by atoms with van der Waals surface area (Å²) in [6.07, 6.45) is 0. The molecule has 1 nitrogen and oxygen atoms in total. The van der Waals surface area contributed by atoms with Crippen molar-refractivity contribution in [3.05, 3.63) is 39.0 Å². The molecule has 0 fully saturated rings. The van der Waals surface area contributed by atoms with E-state index in [-0.39, 0.29) is 0 Å². The van der Waals surface area contributed by atoms with Gasteiger partial charge in [-0.2, -0.15) is 0 Å². The molecular weight excluding hydrogens is 237 g/mol. The van der Waals surface area contributed by atoms with Crippen LogP contribution >= 0.6 is 34.5 Å². The molecule has 0 aliphatic heterocycles. The second-order valence-electron chi connectivity index (χ2n) is 2.87. The van der Waals surface area contributed by atoms with Crippen molar-refractivity contribution in [2.45, 2.75) is 0 Å². The summed E-state index contributed by atoms with van der Waals surface area (Å²) in [5.74, 6) is 0. The first-order valence-corrected chi connectivity index (χ1v) is 5.65. The SMILES string of the molecule is Nc1cscc1-c1ccc(Cl)c(Cl)c1. The molecule has 1 aromatic carbocycles. The van der Waals surface area contributed by atoms with Gasteiger partial charge in [-0.05, 0) is 17.7 Å². The highest BCUT2D eigenvalue weighted by Gasteiger charge is 2.05. The summed E-state index contributed by atoms with van der Waals surface area (Å²) in [5, 5.41) is 5.01. The average Bonchev–Trinajstić information content (AvgIpc) is 2.57. The third kappa shape index (κ3) is 1.73. The largest absolute Gasteiger partial charge is 0.398 e. The van der Waals surface area contributed by atoms with Crippen LogP contribution in [-0.4, -0.2) is 0 Å². The Morgan fingerprint density at radius 3 is 2.43 bits per heavy atom. The molecule has 2 aromatic rings. The van der Waals surface area contributed by atoms with E-state index in [2.05, 4.69) is 0 Å². The lowest BCUT2D eigenvalue weighted by molar-refractivity contribution is 1.67. The van der Waals surface area contributed by atoms with Crippen LogP contribution in [0.25, 0.3) is 11.1 Å². The van der Waals surface area contributed by atoms with Gasteiger partial charge < -0.3 is 5.73 Å². The molecule has 0 aliphatic carbocycles. The van der Waals surface area contributed by atoms with E-state index in [1.807, 2.05) is 22.9 Å². The van der Waals surface area contributed by atoms with E-state index < -0.39 is 0 Å². The third-order valence-corrected chi connectivity index (χ3v) is 3.42. The average molecular weight is 244 g/mol. The number of hydrogen-bond donors (Lipinski definition) is 1. The number of halogens is 2. The number of hydrogen-bond acceptors (Lipinski definition) is 2. The van der Waals surface area contributed by atoms with Gasteiger partial charge in [-0.15, -0.1) is 11.3 Å². The lowest BCUT2D eigenvalue weighted by Gasteiger charge is -2.02. The number of nitrogen functional groups attached to an aromatic ring is 1. The number of thiophene rings is 1. The molecule has 0 saturated heterocycles. The van der Waals surface area contributed by atoms with E-state index in [0.29, 0.717) is 10.0 Å². The Balaban J connectivity index is 2.53. The molecule has 0 unspecified atom stereocenters. The molecule has 1 heterocycles. The van der Waals surface area contributed by atoms with Crippen LogP contribution < -0.4 is 5.73 Å². The number of rotatable bonds is 1. The Morgan fingerprint density at radius 2 is 1.86 bits per heavy atom. The number of benzene rings is 1. The summed E-state index contributed by atoms with van der Waals surface area (Å²) < 4.78 is 0. The smallest absolute Gasteiger partial charge is 0.0598 e.